The van der Waals surface area contributed by atoms with Gasteiger partial charge < -0.3 is 4.74 Å². The van der Waals surface area contributed by atoms with Crippen LogP contribution < -0.4 is 4.74 Å². The van der Waals surface area contributed by atoms with Crippen LogP contribution in [0, 0.1) is 0 Å². The summed E-state index contributed by atoms with van der Waals surface area (Å²) in [5.41, 5.74) is 3.73. The molecule has 1 aromatic heterocycles. The first-order valence-corrected chi connectivity index (χ1v) is 12.0. The van der Waals surface area contributed by atoms with E-state index in [2.05, 4.69) is 81.4 Å². The highest BCUT2D eigenvalue weighted by atomic mass is 32.2. The SMILES string of the molecule is COc1cccc(-n2c(SC)nnc2C2CCN(CC(C)=Cc3ccccc3)CC2)c1. The predicted octanol–water partition coefficient (Wildman–Crippen LogP) is 5.28. The van der Waals surface area contributed by atoms with Crippen molar-refractivity contribution >= 4 is 17.8 Å². The van der Waals surface area contributed by atoms with E-state index in [1.165, 1.54) is 11.1 Å². The molecule has 31 heavy (non-hydrogen) atoms. The van der Waals surface area contributed by atoms with Gasteiger partial charge in [0.25, 0.3) is 0 Å². The molecular weight excluding hydrogens is 404 g/mol. The van der Waals surface area contributed by atoms with E-state index in [4.69, 9.17) is 4.74 Å². The van der Waals surface area contributed by atoms with Crippen molar-refractivity contribution in [1.82, 2.24) is 19.7 Å². The van der Waals surface area contributed by atoms with Crippen LogP contribution in [0.5, 0.6) is 5.75 Å². The Morgan fingerprint density at radius 1 is 1.10 bits per heavy atom. The van der Waals surface area contributed by atoms with Crippen LogP contribution in [-0.2, 0) is 0 Å². The Balaban J connectivity index is 1.45. The Labute approximate surface area is 189 Å². The molecule has 5 nitrogen and oxygen atoms in total. The molecule has 0 unspecified atom stereocenters. The number of piperidine rings is 1. The molecule has 0 spiro atoms. The molecule has 3 aromatic rings. The van der Waals surface area contributed by atoms with Crippen LogP contribution in [0.3, 0.4) is 0 Å². The van der Waals surface area contributed by atoms with Gasteiger partial charge in [0.15, 0.2) is 5.16 Å². The monoisotopic (exact) mass is 434 g/mol. The van der Waals surface area contributed by atoms with Crippen molar-refractivity contribution < 1.29 is 4.74 Å². The van der Waals surface area contributed by atoms with Gasteiger partial charge in [0.05, 0.1) is 12.8 Å². The summed E-state index contributed by atoms with van der Waals surface area (Å²) in [5, 5.41) is 10.00. The normalized spacial score (nSPS) is 15.9. The van der Waals surface area contributed by atoms with Gasteiger partial charge in [0, 0.05) is 18.5 Å². The smallest absolute Gasteiger partial charge is 0.195 e. The van der Waals surface area contributed by atoms with Crippen molar-refractivity contribution in [1.29, 1.82) is 0 Å². The Morgan fingerprint density at radius 2 is 1.87 bits per heavy atom. The van der Waals surface area contributed by atoms with Crippen molar-refractivity contribution in [3.8, 4) is 11.4 Å². The minimum Gasteiger partial charge on any atom is -0.497 e. The summed E-state index contributed by atoms with van der Waals surface area (Å²) in [6.07, 6.45) is 6.52. The average molecular weight is 435 g/mol. The van der Waals surface area contributed by atoms with Crippen LogP contribution in [0.1, 0.15) is 37.1 Å². The van der Waals surface area contributed by atoms with E-state index in [-0.39, 0.29) is 0 Å². The van der Waals surface area contributed by atoms with Crippen molar-refractivity contribution in [3.63, 3.8) is 0 Å². The highest BCUT2D eigenvalue weighted by Crippen LogP contribution is 2.32. The molecule has 0 amide bonds. The molecule has 1 aliphatic heterocycles. The third kappa shape index (κ3) is 5.20. The van der Waals surface area contributed by atoms with Crippen LogP contribution in [0.25, 0.3) is 11.8 Å². The minimum absolute atomic E-state index is 0.411. The lowest BCUT2D eigenvalue weighted by Gasteiger charge is -2.32. The summed E-state index contributed by atoms with van der Waals surface area (Å²) in [6.45, 7) is 5.39. The van der Waals surface area contributed by atoms with E-state index in [1.807, 2.05) is 12.1 Å². The lowest BCUT2D eigenvalue weighted by atomic mass is 9.95. The molecule has 0 aliphatic carbocycles. The first kappa shape index (κ1) is 21.7. The average Bonchev–Trinajstić information content (AvgIpc) is 3.24. The molecule has 1 saturated heterocycles. The lowest BCUT2D eigenvalue weighted by molar-refractivity contribution is 0.224. The number of hydrogen-bond acceptors (Lipinski definition) is 5. The molecular formula is C25H30N4OS. The highest BCUT2D eigenvalue weighted by Gasteiger charge is 2.27. The van der Waals surface area contributed by atoms with Gasteiger partial charge in [-0.2, -0.15) is 0 Å². The highest BCUT2D eigenvalue weighted by molar-refractivity contribution is 7.98. The summed E-state index contributed by atoms with van der Waals surface area (Å²) < 4.78 is 7.63. The zero-order valence-corrected chi connectivity index (χ0v) is 19.3. The minimum atomic E-state index is 0.411. The number of methoxy groups -OCH3 is 1. The van der Waals surface area contributed by atoms with E-state index in [0.717, 1.165) is 54.9 Å². The largest absolute Gasteiger partial charge is 0.497 e. The van der Waals surface area contributed by atoms with Gasteiger partial charge in [0.2, 0.25) is 0 Å². The van der Waals surface area contributed by atoms with Gasteiger partial charge in [-0.1, -0.05) is 59.8 Å². The Bertz CT molecular complexity index is 1020. The summed E-state index contributed by atoms with van der Waals surface area (Å²) in [4.78, 5) is 2.55. The van der Waals surface area contributed by atoms with Crippen molar-refractivity contribution in [2.45, 2.75) is 30.8 Å². The number of nitrogens with zero attached hydrogens (tertiary/aromatic N) is 4. The zero-order valence-electron chi connectivity index (χ0n) is 18.5. The quantitative estimate of drug-likeness (QED) is 0.473. The molecule has 0 saturated carbocycles. The van der Waals surface area contributed by atoms with E-state index >= 15 is 0 Å². The van der Waals surface area contributed by atoms with Crippen LogP contribution in [0.4, 0.5) is 0 Å². The Kier molecular flexibility index (Phi) is 7.10. The molecule has 2 aromatic carbocycles. The number of aromatic nitrogens is 3. The zero-order chi connectivity index (χ0) is 21.6. The number of rotatable bonds is 7. The standard InChI is InChI=1S/C25H30N4OS/c1-19(16-20-8-5-4-6-9-20)18-28-14-12-21(13-15-28)24-26-27-25(31-3)29(24)22-10-7-11-23(17-22)30-2/h4-11,16-17,21H,12-15,18H2,1-3H3. The topological polar surface area (TPSA) is 43.2 Å². The maximum Gasteiger partial charge on any atom is 0.195 e. The fourth-order valence-electron chi connectivity index (χ4n) is 4.25. The molecule has 162 valence electrons. The Morgan fingerprint density at radius 3 is 2.58 bits per heavy atom. The van der Waals surface area contributed by atoms with E-state index in [1.54, 1.807) is 18.9 Å². The van der Waals surface area contributed by atoms with Gasteiger partial charge in [-0.05, 0) is 56.8 Å². The third-order valence-corrected chi connectivity index (χ3v) is 6.42. The van der Waals surface area contributed by atoms with Crippen molar-refractivity contribution in [2.24, 2.45) is 0 Å². The predicted molar refractivity (Wildman–Crippen MR) is 128 cm³/mol. The summed E-state index contributed by atoms with van der Waals surface area (Å²) in [5.74, 6) is 2.32. The molecule has 0 atom stereocenters. The molecule has 0 N–H and O–H groups in total. The second-order valence-corrected chi connectivity index (χ2v) is 8.81. The first-order chi connectivity index (χ1) is 15.2. The van der Waals surface area contributed by atoms with Gasteiger partial charge in [0.1, 0.15) is 11.6 Å². The second-order valence-electron chi connectivity index (χ2n) is 8.03. The maximum absolute atomic E-state index is 5.43. The van der Waals surface area contributed by atoms with Gasteiger partial charge in [-0.3, -0.25) is 9.47 Å². The van der Waals surface area contributed by atoms with Gasteiger partial charge >= 0.3 is 0 Å². The van der Waals surface area contributed by atoms with Crippen LogP contribution in [0.2, 0.25) is 0 Å². The summed E-state index contributed by atoms with van der Waals surface area (Å²) >= 11 is 1.63. The van der Waals surface area contributed by atoms with E-state index in [0.29, 0.717) is 5.92 Å². The molecule has 6 heteroatoms. The number of hydrogen-bond donors (Lipinski definition) is 0. The van der Waals surface area contributed by atoms with Crippen LogP contribution in [0.15, 0.2) is 65.3 Å². The van der Waals surface area contributed by atoms with E-state index in [9.17, 15) is 0 Å². The number of likely N-dealkylation sites (tertiary alicyclic amines) is 1. The lowest BCUT2D eigenvalue weighted by Crippen LogP contribution is -2.34. The van der Waals surface area contributed by atoms with Crippen molar-refractivity contribution in [3.05, 3.63) is 71.6 Å². The van der Waals surface area contributed by atoms with E-state index < -0.39 is 0 Å². The molecule has 2 heterocycles. The molecule has 0 bridgehead atoms. The molecule has 1 fully saturated rings. The maximum atomic E-state index is 5.43. The summed E-state index contributed by atoms with van der Waals surface area (Å²) in [6, 6.07) is 18.7. The number of ether oxygens (including phenoxy) is 1. The van der Waals surface area contributed by atoms with Crippen LogP contribution >= 0.6 is 11.8 Å². The second kappa shape index (κ2) is 10.2. The molecule has 0 radical (unpaired) electrons. The fraction of sp³-hybridized carbons (Fsp3) is 0.360. The molecule has 4 rings (SSSR count). The number of benzene rings is 2. The Hall–Kier alpha value is -2.57. The van der Waals surface area contributed by atoms with Crippen molar-refractivity contribution in [2.75, 3.05) is 33.0 Å². The van der Waals surface area contributed by atoms with Crippen LogP contribution in [-0.4, -0.2) is 52.7 Å². The molecule has 1 aliphatic rings. The third-order valence-electron chi connectivity index (χ3n) is 5.79. The summed E-state index contributed by atoms with van der Waals surface area (Å²) in [7, 11) is 1.70. The first-order valence-electron chi connectivity index (χ1n) is 10.8. The fourth-order valence-corrected chi connectivity index (χ4v) is 4.76. The van der Waals surface area contributed by atoms with Gasteiger partial charge in [-0.15, -0.1) is 10.2 Å². The van der Waals surface area contributed by atoms with Gasteiger partial charge in [-0.25, -0.2) is 0 Å². The number of thioether (sulfide) groups is 1.